The molecule has 1 aromatic heterocycles. The second kappa shape index (κ2) is 4.90. The highest BCUT2D eigenvalue weighted by Gasteiger charge is 2.26. The molecule has 4 N–H and O–H groups in total. The minimum atomic E-state index is -0.906. The van der Waals surface area contributed by atoms with Gasteiger partial charge in [-0.3, -0.25) is 4.90 Å². The largest absolute Gasteiger partial charge is 0.465 e. The number of anilines is 2. The summed E-state index contributed by atoms with van der Waals surface area (Å²) < 4.78 is 0. The fourth-order valence-electron chi connectivity index (χ4n) is 2.01. The molecular weight excluding hydrogens is 220 g/mol. The van der Waals surface area contributed by atoms with Crippen LogP contribution in [0.2, 0.25) is 0 Å². The fourth-order valence-corrected chi connectivity index (χ4v) is 2.01. The summed E-state index contributed by atoms with van der Waals surface area (Å²) in [6, 6.07) is 3.49. The number of nitrogens with two attached hydrogens (primary N) is 1. The van der Waals surface area contributed by atoms with E-state index >= 15 is 0 Å². The number of nitrogen functional groups attached to an aromatic ring is 1. The third kappa shape index (κ3) is 2.58. The minimum absolute atomic E-state index is 0.238. The Morgan fingerprint density at radius 2 is 2.41 bits per heavy atom. The molecule has 0 aliphatic carbocycles. The second-order valence-electron chi connectivity index (χ2n) is 4.07. The molecule has 0 aromatic carbocycles. The highest BCUT2D eigenvalue weighted by Crippen LogP contribution is 2.21. The van der Waals surface area contributed by atoms with E-state index < -0.39 is 6.09 Å². The quantitative estimate of drug-likeness (QED) is 0.724. The van der Waals surface area contributed by atoms with Gasteiger partial charge >= 0.3 is 6.09 Å². The molecule has 1 amide bonds. The average molecular weight is 236 g/mol. The van der Waals surface area contributed by atoms with E-state index in [9.17, 15) is 4.79 Å². The van der Waals surface area contributed by atoms with Crippen molar-refractivity contribution >= 4 is 17.6 Å². The molecule has 6 nitrogen and oxygen atoms in total. The van der Waals surface area contributed by atoms with E-state index in [4.69, 9.17) is 10.8 Å². The Morgan fingerprint density at radius 3 is 3.12 bits per heavy atom. The number of nitrogens with one attached hydrogen (secondary N) is 1. The van der Waals surface area contributed by atoms with E-state index in [0.29, 0.717) is 18.1 Å². The molecule has 17 heavy (non-hydrogen) atoms. The molecule has 1 saturated heterocycles. The van der Waals surface area contributed by atoms with Crippen molar-refractivity contribution in [2.45, 2.75) is 25.4 Å². The Bertz CT molecular complexity index is 410. The summed E-state index contributed by atoms with van der Waals surface area (Å²) in [4.78, 5) is 16.6. The third-order valence-electron chi connectivity index (χ3n) is 2.89. The standard InChI is InChI=1S/C11H16N4O2/c12-8-4-3-6-13-10(8)14-9-5-1-2-7-15(9)11(16)17/h3-4,6,9H,1-2,5,7,12H2,(H,13,14)(H,16,17). The topological polar surface area (TPSA) is 91.5 Å². The van der Waals surface area contributed by atoms with Gasteiger partial charge in [0.1, 0.15) is 6.17 Å². The van der Waals surface area contributed by atoms with Crippen LogP contribution in [-0.2, 0) is 0 Å². The predicted octanol–water partition coefficient (Wildman–Crippen LogP) is 1.57. The Kier molecular flexibility index (Phi) is 3.32. The second-order valence-corrected chi connectivity index (χ2v) is 4.07. The van der Waals surface area contributed by atoms with Crippen LogP contribution >= 0.6 is 0 Å². The van der Waals surface area contributed by atoms with E-state index in [1.807, 2.05) is 0 Å². The van der Waals surface area contributed by atoms with Crippen molar-refractivity contribution in [1.29, 1.82) is 0 Å². The highest BCUT2D eigenvalue weighted by molar-refractivity contribution is 5.67. The number of aromatic nitrogens is 1. The molecule has 0 spiro atoms. The molecule has 2 heterocycles. The van der Waals surface area contributed by atoms with Crippen LogP contribution in [-0.4, -0.2) is 33.8 Å². The first-order chi connectivity index (χ1) is 8.18. The summed E-state index contributed by atoms with van der Waals surface area (Å²) in [5.74, 6) is 0.547. The molecule has 1 unspecified atom stereocenters. The van der Waals surface area contributed by atoms with Crippen LogP contribution in [0.4, 0.5) is 16.3 Å². The van der Waals surface area contributed by atoms with Gasteiger partial charge in [-0.25, -0.2) is 9.78 Å². The maximum Gasteiger partial charge on any atom is 0.408 e. The monoisotopic (exact) mass is 236 g/mol. The van der Waals surface area contributed by atoms with Crippen LogP contribution in [0.15, 0.2) is 18.3 Å². The molecule has 0 radical (unpaired) electrons. The van der Waals surface area contributed by atoms with E-state index in [-0.39, 0.29) is 6.17 Å². The Hall–Kier alpha value is -1.98. The van der Waals surface area contributed by atoms with Crippen molar-refractivity contribution in [2.75, 3.05) is 17.6 Å². The summed E-state index contributed by atoms with van der Waals surface area (Å²) in [6.07, 6.45) is 3.18. The first-order valence-corrected chi connectivity index (χ1v) is 5.65. The molecule has 6 heteroatoms. The molecule has 0 bridgehead atoms. The molecule has 1 aliphatic rings. The lowest BCUT2D eigenvalue weighted by molar-refractivity contribution is 0.114. The van der Waals surface area contributed by atoms with E-state index in [0.717, 1.165) is 19.3 Å². The van der Waals surface area contributed by atoms with Crippen molar-refractivity contribution in [2.24, 2.45) is 0 Å². The van der Waals surface area contributed by atoms with Gasteiger partial charge in [0.2, 0.25) is 0 Å². The number of hydrogen-bond donors (Lipinski definition) is 3. The third-order valence-corrected chi connectivity index (χ3v) is 2.89. The number of piperidine rings is 1. The smallest absolute Gasteiger partial charge is 0.408 e. The summed E-state index contributed by atoms with van der Waals surface area (Å²) >= 11 is 0. The number of amides is 1. The van der Waals surface area contributed by atoms with Gasteiger partial charge < -0.3 is 16.2 Å². The fraction of sp³-hybridized carbons (Fsp3) is 0.455. The van der Waals surface area contributed by atoms with Gasteiger partial charge in [0.05, 0.1) is 5.69 Å². The first-order valence-electron chi connectivity index (χ1n) is 5.65. The van der Waals surface area contributed by atoms with Gasteiger partial charge in [-0.2, -0.15) is 0 Å². The Balaban J connectivity index is 2.11. The Labute approximate surface area is 99.4 Å². The van der Waals surface area contributed by atoms with Crippen LogP contribution in [0.5, 0.6) is 0 Å². The summed E-state index contributed by atoms with van der Waals surface area (Å²) in [5, 5.41) is 12.2. The highest BCUT2D eigenvalue weighted by atomic mass is 16.4. The maximum atomic E-state index is 11.1. The molecule has 1 fully saturated rings. The average Bonchev–Trinajstić information content (AvgIpc) is 2.32. The van der Waals surface area contributed by atoms with Crippen molar-refractivity contribution in [3.63, 3.8) is 0 Å². The molecule has 2 rings (SSSR count). The molecular formula is C11H16N4O2. The number of carbonyl (C=O) groups is 1. The number of nitrogens with zero attached hydrogens (tertiary/aromatic N) is 2. The number of hydrogen-bond acceptors (Lipinski definition) is 4. The van der Waals surface area contributed by atoms with Crippen LogP contribution in [0, 0.1) is 0 Å². The van der Waals surface area contributed by atoms with E-state index in [2.05, 4.69) is 10.3 Å². The van der Waals surface area contributed by atoms with E-state index in [1.165, 1.54) is 4.90 Å². The Morgan fingerprint density at radius 1 is 1.59 bits per heavy atom. The van der Waals surface area contributed by atoms with Crippen LogP contribution in [0.1, 0.15) is 19.3 Å². The minimum Gasteiger partial charge on any atom is -0.465 e. The zero-order valence-corrected chi connectivity index (χ0v) is 9.47. The number of carboxylic acid groups (broad SMARTS) is 1. The normalized spacial score (nSPS) is 20.0. The van der Waals surface area contributed by atoms with Gasteiger partial charge in [-0.1, -0.05) is 0 Å². The molecule has 1 aromatic rings. The number of rotatable bonds is 2. The number of pyridine rings is 1. The van der Waals surface area contributed by atoms with Crippen molar-refractivity contribution in [1.82, 2.24) is 9.88 Å². The lowest BCUT2D eigenvalue weighted by atomic mass is 10.1. The van der Waals surface area contributed by atoms with Gasteiger partial charge in [0, 0.05) is 12.7 Å². The lowest BCUT2D eigenvalue weighted by Crippen LogP contribution is -2.47. The van der Waals surface area contributed by atoms with Crippen molar-refractivity contribution < 1.29 is 9.90 Å². The molecule has 92 valence electrons. The summed E-state index contributed by atoms with van der Waals surface area (Å²) in [7, 11) is 0. The summed E-state index contributed by atoms with van der Waals surface area (Å²) in [5.41, 5.74) is 6.30. The van der Waals surface area contributed by atoms with Crippen molar-refractivity contribution in [3.8, 4) is 0 Å². The molecule has 1 atom stereocenters. The van der Waals surface area contributed by atoms with Gasteiger partial charge in [-0.15, -0.1) is 0 Å². The lowest BCUT2D eigenvalue weighted by Gasteiger charge is -2.34. The van der Waals surface area contributed by atoms with Gasteiger partial charge in [0.15, 0.2) is 5.82 Å². The van der Waals surface area contributed by atoms with Gasteiger partial charge in [0.25, 0.3) is 0 Å². The molecule has 0 saturated carbocycles. The zero-order valence-electron chi connectivity index (χ0n) is 9.47. The first kappa shape index (κ1) is 11.5. The van der Waals surface area contributed by atoms with Crippen LogP contribution in [0.3, 0.4) is 0 Å². The van der Waals surface area contributed by atoms with E-state index in [1.54, 1.807) is 18.3 Å². The zero-order chi connectivity index (χ0) is 12.3. The van der Waals surface area contributed by atoms with Gasteiger partial charge in [-0.05, 0) is 31.4 Å². The van der Waals surface area contributed by atoms with Crippen LogP contribution in [0.25, 0.3) is 0 Å². The molecule has 1 aliphatic heterocycles. The maximum absolute atomic E-state index is 11.1. The van der Waals surface area contributed by atoms with Crippen molar-refractivity contribution in [3.05, 3.63) is 18.3 Å². The number of likely N-dealkylation sites (tertiary alicyclic amines) is 1. The SMILES string of the molecule is Nc1cccnc1NC1CCCCN1C(=O)O. The summed E-state index contributed by atoms with van der Waals surface area (Å²) in [6.45, 7) is 0.555. The van der Waals surface area contributed by atoms with Crippen LogP contribution < -0.4 is 11.1 Å². The predicted molar refractivity (Wildman–Crippen MR) is 64.6 cm³/mol.